The highest BCUT2D eigenvalue weighted by Gasteiger charge is 2.25. The first-order chi connectivity index (χ1) is 9.09. The molecule has 5 N–H and O–H groups in total. The van der Waals surface area contributed by atoms with Gasteiger partial charge in [0.1, 0.15) is 0 Å². The molecule has 0 bridgehead atoms. The molecule has 6 heteroatoms. The van der Waals surface area contributed by atoms with Gasteiger partial charge in [-0.05, 0) is 31.4 Å². The van der Waals surface area contributed by atoms with Crippen molar-refractivity contribution in [3.8, 4) is 5.75 Å². The summed E-state index contributed by atoms with van der Waals surface area (Å²) in [6.45, 7) is 0.644. The number of amides is 2. The SMILES string of the molecule is NC(=O)c1cccc(N)c1OC1CCCCNC1=O. The summed E-state index contributed by atoms with van der Waals surface area (Å²) >= 11 is 0. The van der Waals surface area contributed by atoms with Crippen molar-refractivity contribution in [2.45, 2.75) is 25.4 Å². The summed E-state index contributed by atoms with van der Waals surface area (Å²) in [6.07, 6.45) is 1.75. The number of para-hydroxylation sites is 1. The molecule has 0 spiro atoms. The quantitative estimate of drug-likeness (QED) is 0.686. The molecule has 0 aromatic heterocycles. The first-order valence-electron chi connectivity index (χ1n) is 6.22. The lowest BCUT2D eigenvalue weighted by Crippen LogP contribution is -2.37. The fraction of sp³-hybridized carbons (Fsp3) is 0.385. The zero-order valence-corrected chi connectivity index (χ0v) is 10.5. The predicted octanol–water partition coefficient (Wildman–Crippen LogP) is 0.415. The molecule has 0 aliphatic carbocycles. The maximum Gasteiger partial charge on any atom is 0.261 e. The number of carbonyl (C=O) groups excluding carboxylic acids is 2. The number of nitrogen functional groups attached to an aromatic ring is 1. The summed E-state index contributed by atoms with van der Waals surface area (Å²) in [7, 11) is 0. The molecule has 1 aromatic rings. The Bertz CT molecular complexity index is 502. The van der Waals surface area contributed by atoms with Crippen LogP contribution in [0.5, 0.6) is 5.75 Å². The molecule has 1 aliphatic rings. The minimum Gasteiger partial charge on any atom is -0.478 e. The van der Waals surface area contributed by atoms with E-state index in [0.717, 1.165) is 12.8 Å². The molecular weight excluding hydrogens is 246 g/mol. The molecule has 102 valence electrons. The van der Waals surface area contributed by atoms with Gasteiger partial charge in [-0.15, -0.1) is 0 Å². The summed E-state index contributed by atoms with van der Waals surface area (Å²) in [6, 6.07) is 4.76. The zero-order chi connectivity index (χ0) is 13.8. The van der Waals surface area contributed by atoms with Crippen LogP contribution in [-0.2, 0) is 4.79 Å². The van der Waals surface area contributed by atoms with E-state index in [2.05, 4.69) is 5.32 Å². The molecule has 2 rings (SSSR count). The van der Waals surface area contributed by atoms with E-state index in [1.807, 2.05) is 0 Å². The van der Waals surface area contributed by atoms with E-state index >= 15 is 0 Å². The predicted molar refractivity (Wildman–Crippen MR) is 70.6 cm³/mol. The Hall–Kier alpha value is -2.24. The number of hydrogen-bond donors (Lipinski definition) is 3. The van der Waals surface area contributed by atoms with Crippen molar-refractivity contribution < 1.29 is 14.3 Å². The fourth-order valence-electron chi connectivity index (χ4n) is 2.05. The number of nitrogens with one attached hydrogen (secondary N) is 1. The van der Waals surface area contributed by atoms with Gasteiger partial charge < -0.3 is 21.5 Å². The Morgan fingerprint density at radius 1 is 1.37 bits per heavy atom. The fourth-order valence-corrected chi connectivity index (χ4v) is 2.05. The summed E-state index contributed by atoms with van der Waals surface area (Å²) < 4.78 is 5.63. The molecule has 1 unspecified atom stereocenters. The second-order valence-corrected chi connectivity index (χ2v) is 4.48. The van der Waals surface area contributed by atoms with Crippen LogP contribution in [0.3, 0.4) is 0 Å². The number of hydrogen-bond acceptors (Lipinski definition) is 4. The average molecular weight is 263 g/mol. The lowest BCUT2D eigenvalue weighted by atomic mass is 10.1. The molecule has 1 atom stereocenters. The Morgan fingerprint density at radius 2 is 2.16 bits per heavy atom. The number of carbonyl (C=O) groups is 2. The number of primary amides is 1. The standard InChI is InChI=1S/C13H17N3O3/c14-9-5-3-4-8(12(15)17)11(9)19-10-6-1-2-7-16-13(10)18/h3-5,10H,1-2,6-7,14H2,(H2,15,17)(H,16,18). The summed E-state index contributed by atoms with van der Waals surface area (Å²) in [5.41, 5.74) is 11.6. The summed E-state index contributed by atoms with van der Waals surface area (Å²) in [5.74, 6) is -0.621. The van der Waals surface area contributed by atoms with E-state index in [9.17, 15) is 9.59 Å². The van der Waals surface area contributed by atoms with Crippen LogP contribution in [0.25, 0.3) is 0 Å². The van der Waals surface area contributed by atoms with Crippen LogP contribution in [0.4, 0.5) is 5.69 Å². The molecule has 0 radical (unpaired) electrons. The average Bonchev–Trinajstić information content (AvgIpc) is 2.57. The smallest absolute Gasteiger partial charge is 0.261 e. The Labute approximate surface area is 111 Å². The van der Waals surface area contributed by atoms with E-state index in [4.69, 9.17) is 16.2 Å². The highest BCUT2D eigenvalue weighted by atomic mass is 16.5. The largest absolute Gasteiger partial charge is 0.478 e. The maximum absolute atomic E-state index is 11.8. The second-order valence-electron chi connectivity index (χ2n) is 4.48. The van der Waals surface area contributed by atoms with Crippen LogP contribution < -0.4 is 21.5 Å². The van der Waals surface area contributed by atoms with Gasteiger partial charge in [0.2, 0.25) is 0 Å². The van der Waals surface area contributed by atoms with Crippen LogP contribution in [0.2, 0.25) is 0 Å². The van der Waals surface area contributed by atoms with Gasteiger partial charge >= 0.3 is 0 Å². The first-order valence-corrected chi connectivity index (χ1v) is 6.22. The van der Waals surface area contributed by atoms with Gasteiger partial charge in [0, 0.05) is 6.54 Å². The van der Waals surface area contributed by atoms with Crippen LogP contribution in [0.1, 0.15) is 29.6 Å². The van der Waals surface area contributed by atoms with Crippen molar-refractivity contribution in [1.82, 2.24) is 5.32 Å². The molecular formula is C13H17N3O3. The Morgan fingerprint density at radius 3 is 2.89 bits per heavy atom. The monoisotopic (exact) mass is 263 g/mol. The zero-order valence-electron chi connectivity index (χ0n) is 10.5. The third-order valence-corrected chi connectivity index (χ3v) is 3.06. The molecule has 0 saturated carbocycles. The van der Waals surface area contributed by atoms with E-state index < -0.39 is 12.0 Å². The Balaban J connectivity index is 2.26. The van der Waals surface area contributed by atoms with Gasteiger partial charge in [-0.1, -0.05) is 6.07 Å². The van der Waals surface area contributed by atoms with Gasteiger partial charge in [-0.3, -0.25) is 9.59 Å². The van der Waals surface area contributed by atoms with Crippen molar-refractivity contribution in [2.24, 2.45) is 5.73 Å². The van der Waals surface area contributed by atoms with Gasteiger partial charge in [-0.2, -0.15) is 0 Å². The topological polar surface area (TPSA) is 107 Å². The van der Waals surface area contributed by atoms with Crippen LogP contribution in [0.15, 0.2) is 18.2 Å². The molecule has 6 nitrogen and oxygen atoms in total. The normalized spacial score (nSPS) is 19.4. The molecule has 2 amide bonds. The van der Waals surface area contributed by atoms with E-state index in [-0.39, 0.29) is 17.2 Å². The first kappa shape index (κ1) is 13.2. The highest BCUT2D eigenvalue weighted by Crippen LogP contribution is 2.28. The van der Waals surface area contributed by atoms with Crippen molar-refractivity contribution in [3.63, 3.8) is 0 Å². The van der Waals surface area contributed by atoms with E-state index in [1.165, 1.54) is 6.07 Å². The number of nitrogens with two attached hydrogens (primary N) is 2. The number of ether oxygens (including phenoxy) is 1. The second kappa shape index (κ2) is 5.60. The number of anilines is 1. The number of rotatable bonds is 3. The van der Waals surface area contributed by atoms with Gasteiger partial charge in [-0.25, -0.2) is 0 Å². The van der Waals surface area contributed by atoms with Crippen LogP contribution >= 0.6 is 0 Å². The molecule has 1 heterocycles. The molecule has 1 aromatic carbocycles. The molecule has 1 fully saturated rings. The van der Waals surface area contributed by atoms with Gasteiger partial charge in [0.15, 0.2) is 11.9 Å². The highest BCUT2D eigenvalue weighted by molar-refractivity contribution is 5.97. The van der Waals surface area contributed by atoms with Crippen LogP contribution in [-0.4, -0.2) is 24.5 Å². The lowest BCUT2D eigenvalue weighted by Gasteiger charge is -2.18. The Kier molecular flexibility index (Phi) is 3.89. The molecule has 19 heavy (non-hydrogen) atoms. The van der Waals surface area contributed by atoms with Gasteiger partial charge in [0.05, 0.1) is 11.3 Å². The summed E-state index contributed by atoms with van der Waals surface area (Å²) in [5, 5.41) is 2.76. The lowest BCUT2D eigenvalue weighted by molar-refractivity contribution is -0.127. The third kappa shape index (κ3) is 2.96. The maximum atomic E-state index is 11.8. The summed E-state index contributed by atoms with van der Waals surface area (Å²) in [4.78, 5) is 23.2. The molecule has 1 aliphatic heterocycles. The van der Waals surface area contributed by atoms with Crippen molar-refractivity contribution >= 4 is 17.5 Å². The molecule has 1 saturated heterocycles. The van der Waals surface area contributed by atoms with Crippen LogP contribution in [0, 0.1) is 0 Å². The van der Waals surface area contributed by atoms with E-state index in [1.54, 1.807) is 12.1 Å². The van der Waals surface area contributed by atoms with Crippen molar-refractivity contribution in [3.05, 3.63) is 23.8 Å². The van der Waals surface area contributed by atoms with Crippen molar-refractivity contribution in [2.75, 3.05) is 12.3 Å². The third-order valence-electron chi connectivity index (χ3n) is 3.06. The van der Waals surface area contributed by atoms with Gasteiger partial charge in [0.25, 0.3) is 11.8 Å². The van der Waals surface area contributed by atoms with Crippen molar-refractivity contribution in [1.29, 1.82) is 0 Å². The minimum absolute atomic E-state index is 0.184. The van der Waals surface area contributed by atoms with E-state index in [0.29, 0.717) is 18.7 Å². The number of benzene rings is 1. The minimum atomic E-state index is -0.634.